The molecule has 1 fully saturated rings. The van der Waals surface area contributed by atoms with Crippen LogP contribution in [0.5, 0.6) is 0 Å². The van der Waals surface area contributed by atoms with Gasteiger partial charge in [0.15, 0.2) is 0 Å². The zero-order chi connectivity index (χ0) is 21.9. The van der Waals surface area contributed by atoms with Crippen molar-refractivity contribution in [3.8, 4) is 0 Å². The molecule has 0 aromatic heterocycles. The number of allylic oxidation sites excluding steroid dienone is 1. The van der Waals surface area contributed by atoms with E-state index in [9.17, 15) is 9.59 Å². The molecule has 0 radical (unpaired) electrons. The van der Waals surface area contributed by atoms with Crippen molar-refractivity contribution in [3.63, 3.8) is 0 Å². The van der Waals surface area contributed by atoms with E-state index in [4.69, 9.17) is 0 Å². The van der Waals surface area contributed by atoms with Crippen LogP contribution in [-0.4, -0.2) is 40.9 Å². The molecule has 3 atom stereocenters. The number of nitrogens with zero attached hydrogens (tertiary/aromatic N) is 1. The van der Waals surface area contributed by atoms with Crippen LogP contribution in [0.25, 0.3) is 0 Å². The lowest BCUT2D eigenvalue weighted by atomic mass is 9.67. The second-order valence-electron chi connectivity index (χ2n) is 10.1. The fraction of sp³-hybridized carbons (Fsp3) is 0.600. The Labute approximate surface area is 181 Å². The lowest BCUT2D eigenvalue weighted by molar-refractivity contribution is -0.139. The largest absolute Gasteiger partial charge is 0.349 e. The molecule has 5 heteroatoms. The van der Waals surface area contributed by atoms with Crippen molar-refractivity contribution in [2.24, 2.45) is 11.8 Å². The van der Waals surface area contributed by atoms with Gasteiger partial charge < -0.3 is 10.6 Å². The minimum Gasteiger partial charge on any atom is -0.349 e. The van der Waals surface area contributed by atoms with Gasteiger partial charge in [0.25, 0.3) is 0 Å². The highest BCUT2D eigenvalue weighted by molar-refractivity contribution is 5.92. The zero-order valence-electron chi connectivity index (χ0n) is 19.0. The molecule has 0 saturated heterocycles. The molecule has 0 spiro atoms. The maximum Gasteiger partial charge on any atom is 0.246 e. The van der Waals surface area contributed by atoms with Crippen molar-refractivity contribution in [2.45, 2.75) is 71.0 Å². The summed E-state index contributed by atoms with van der Waals surface area (Å²) in [4.78, 5) is 28.3. The standard InChI is InChI=1S/C25H37N3O2/c1-6-19-11-12-22(17-28-14-13-20-9-7-8-10-21(20)16-28)25(15-19,26-18(2)29)23(30)27-24(3,4)5/h6-10,19,22H,1,11-17H2,2-5H3,(H,26,29)(H,27,30)/t19-,22+,25-/m1/s1. The Kier molecular flexibility index (Phi) is 6.71. The first-order valence-corrected chi connectivity index (χ1v) is 11.2. The first-order valence-electron chi connectivity index (χ1n) is 11.2. The monoisotopic (exact) mass is 411 g/mol. The number of amides is 2. The Morgan fingerprint density at radius 1 is 1.23 bits per heavy atom. The van der Waals surface area contributed by atoms with Crippen molar-refractivity contribution < 1.29 is 9.59 Å². The molecule has 2 N–H and O–H groups in total. The van der Waals surface area contributed by atoms with Crippen LogP contribution in [0.3, 0.4) is 0 Å². The molecule has 164 valence electrons. The van der Waals surface area contributed by atoms with E-state index in [1.807, 2.05) is 26.8 Å². The predicted octanol–water partition coefficient (Wildman–Crippen LogP) is 3.44. The topological polar surface area (TPSA) is 61.4 Å². The summed E-state index contributed by atoms with van der Waals surface area (Å²) in [6, 6.07) is 8.60. The van der Waals surface area contributed by atoms with Gasteiger partial charge in [-0.15, -0.1) is 6.58 Å². The Morgan fingerprint density at radius 3 is 2.57 bits per heavy atom. The van der Waals surface area contributed by atoms with Crippen molar-refractivity contribution in [1.29, 1.82) is 0 Å². The molecule has 2 aliphatic rings. The molecule has 1 saturated carbocycles. The average molecular weight is 412 g/mol. The van der Waals surface area contributed by atoms with Crippen LogP contribution in [0.2, 0.25) is 0 Å². The van der Waals surface area contributed by atoms with Gasteiger partial charge in [0.1, 0.15) is 5.54 Å². The fourth-order valence-electron chi connectivity index (χ4n) is 5.07. The molecule has 1 heterocycles. The summed E-state index contributed by atoms with van der Waals surface area (Å²) < 4.78 is 0. The SMILES string of the molecule is C=C[C@@H]1CC[C@@H](CN2CCc3ccccc3C2)[C@@](NC(C)=O)(C(=O)NC(C)(C)C)C1. The number of carbonyl (C=O) groups is 2. The summed E-state index contributed by atoms with van der Waals surface area (Å²) in [5.41, 5.74) is 1.52. The lowest BCUT2D eigenvalue weighted by Gasteiger charge is -2.48. The van der Waals surface area contributed by atoms with Crippen LogP contribution in [0.4, 0.5) is 0 Å². The minimum atomic E-state index is -0.910. The molecule has 1 aliphatic heterocycles. The summed E-state index contributed by atoms with van der Waals surface area (Å²) in [6.45, 7) is 14.1. The number of carbonyl (C=O) groups excluding carboxylic acids is 2. The first-order chi connectivity index (χ1) is 14.1. The Morgan fingerprint density at radius 2 is 1.93 bits per heavy atom. The van der Waals surface area contributed by atoms with E-state index in [1.165, 1.54) is 18.1 Å². The van der Waals surface area contributed by atoms with E-state index in [-0.39, 0.29) is 29.2 Å². The maximum atomic E-state index is 13.6. The summed E-state index contributed by atoms with van der Waals surface area (Å²) in [7, 11) is 0. The Bertz CT molecular complexity index is 798. The number of hydrogen-bond donors (Lipinski definition) is 2. The van der Waals surface area contributed by atoms with Gasteiger partial charge in [0, 0.05) is 38.0 Å². The van der Waals surface area contributed by atoms with E-state index >= 15 is 0 Å². The quantitative estimate of drug-likeness (QED) is 0.730. The first kappa shape index (κ1) is 22.5. The van der Waals surface area contributed by atoms with Gasteiger partial charge >= 0.3 is 0 Å². The van der Waals surface area contributed by atoms with E-state index in [0.717, 1.165) is 38.9 Å². The normalized spacial score (nSPS) is 27.1. The van der Waals surface area contributed by atoms with Crippen molar-refractivity contribution >= 4 is 11.8 Å². The molecule has 3 rings (SSSR count). The second kappa shape index (κ2) is 8.93. The molecule has 2 amide bonds. The molecule has 5 nitrogen and oxygen atoms in total. The maximum absolute atomic E-state index is 13.6. The van der Waals surface area contributed by atoms with E-state index < -0.39 is 5.54 Å². The molecular weight excluding hydrogens is 374 g/mol. The third kappa shape index (κ3) is 5.12. The van der Waals surface area contributed by atoms with Crippen LogP contribution in [0, 0.1) is 11.8 Å². The Balaban J connectivity index is 1.88. The molecule has 0 unspecified atom stereocenters. The number of hydrogen-bond acceptors (Lipinski definition) is 3. The highest BCUT2D eigenvalue weighted by Gasteiger charge is 2.51. The summed E-state index contributed by atoms with van der Waals surface area (Å²) >= 11 is 0. The molecule has 1 aromatic carbocycles. The van der Waals surface area contributed by atoms with E-state index in [1.54, 1.807) is 0 Å². The van der Waals surface area contributed by atoms with Crippen LogP contribution in [0.1, 0.15) is 58.1 Å². The molecule has 0 bridgehead atoms. The smallest absolute Gasteiger partial charge is 0.246 e. The van der Waals surface area contributed by atoms with Crippen LogP contribution >= 0.6 is 0 Å². The van der Waals surface area contributed by atoms with Crippen LogP contribution in [-0.2, 0) is 22.6 Å². The van der Waals surface area contributed by atoms with Gasteiger partial charge in [-0.2, -0.15) is 0 Å². The lowest BCUT2D eigenvalue weighted by Crippen LogP contribution is -2.68. The summed E-state index contributed by atoms with van der Waals surface area (Å²) in [5.74, 6) is 0.0584. The minimum absolute atomic E-state index is 0.0604. The van der Waals surface area contributed by atoms with Gasteiger partial charge in [0.2, 0.25) is 11.8 Å². The summed E-state index contributed by atoms with van der Waals surface area (Å²) in [5, 5.41) is 6.27. The third-order valence-corrected chi connectivity index (χ3v) is 6.48. The summed E-state index contributed by atoms with van der Waals surface area (Å²) in [6.07, 6.45) is 5.47. The molecule has 1 aliphatic carbocycles. The molecule has 30 heavy (non-hydrogen) atoms. The van der Waals surface area contributed by atoms with Gasteiger partial charge in [-0.25, -0.2) is 0 Å². The van der Waals surface area contributed by atoms with Gasteiger partial charge in [-0.3, -0.25) is 14.5 Å². The van der Waals surface area contributed by atoms with Gasteiger partial charge in [0.05, 0.1) is 0 Å². The molecular formula is C25H37N3O2. The van der Waals surface area contributed by atoms with Crippen molar-refractivity contribution in [2.75, 3.05) is 13.1 Å². The van der Waals surface area contributed by atoms with Gasteiger partial charge in [-0.1, -0.05) is 30.3 Å². The number of rotatable bonds is 5. The number of fused-ring (bicyclic) bond motifs is 1. The van der Waals surface area contributed by atoms with E-state index in [0.29, 0.717) is 6.42 Å². The highest BCUT2D eigenvalue weighted by atomic mass is 16.2. The average Bonchev–Trinajstić information content (AvgIpc) is 2.67. The Hall–Kier alpha value is -2.14. The highest BCUT2D eigenvalue weighted by Crippen LogP contribution is 2.39. The van der Waals surface area contributed by atoms with E-state index in [2.05, 4.69) is 46.4 Å². The van der Waals surface area contributed by atoms with Crippen molar-refractivity contribution in [3.05, 3.63) is 48.0 Å². The predicted molar refractivity (Wildman–Crippen MR) is 121 cm³/mol. The van der Waals surface area contributed by atoms with Gasteiger partial charge in [-0.05, 0) is 63.5 Å². The second-order valence-corrected chi connectivity index (χ2v) is 10.1. The number of nitrogens with one attached hydrogen (secondary N) is 2. The number of benzene rings is 1. The molecule has 1 aromatic rings. The van der Waals surface area contributed by atoms with Crippen LogP contribution in [0.15, 0.2) is 36.9 Å². The van der Waals surface area contributed by atoms with Crippen LogP contribution < -0.4 is 10.6 Å². The third-order valence-electron chi connectivity index (χ3n) is 6.48. The zero-order valence-corrected chi connectivity index (χ0v) is 19.0. The fourth-order valence-corrected chi connectivity index (χ4v) is 5.07. The van der Waals surface area contributed by atoms with Crippen molar-refractivity contribution in [1.82, 2.24) is 15.5 Å².